The van der Waals surface area contributed by atoms with Gasteiger partial charge in [-0.3, -0.25) is 0 Å². The quantitative estimate of drug-likeness (QED) is 0.504. The summed E-state index contributed by atoms with van der Waals surface area (Å²) >= 11 is 0. The first-order valence-electron chi connectivity index (χ1n) is 8.29. The van der Waals surface area contributed by atoms with Crippen LogP contribution in [0, 0.1) is 0 Å². The van der Waals surface area contributed by atoms with Crippen molar-refractivity contribution in [2.24, 2.45) is 0 Å². The topological polar surface area (TPSA) is 0 Å². The molecule has 0 fully saturated rings. The van der Waals surface area contributed by atoms with Crippen molar-refractivity contribution in [1.29, 1.82) is 0 Å². The molecule has 0 bridgehead atoms. The number of hydrogen-bond donors (Lipinski definition) is 0. The fraction of sp³-hybridized carbons (Fsp3) is 0.273. The van der Waals surface area contributed by atoms with Crippen LogP contribution >= 0.6 is 0 Å². The molecule has 0 amide bonds. The van der Waals surface area contributed by atoms with E-state index in [0.717, 1.165) is 25.7 Å². The maximum absolute atomic E-state index is 4.24. The molecule has 0 aromatic heterocycles. The van der Waals surface area contributed by atoms with Crippen molar-refractivity contribution in [3.05, 3.63) is 84.4 Å². The van der Waals surface area contributed by atoms with E-state index in [4.69, 9.17) is 0 Å². The lowest BCUT2D eigenvalue weighted by Crippen LogP contribution is -1.88. The van der Waals surface area contributed by atoms with Crippen LogP contribution in [0.25, 0.3) is 11.1 Å². The highest BCUT2D eigenvalue weighted by Crippen LogP contribution is 2.25. The van der Waals surface area contributed by atoms with Gasteiger partial charge in [0, 0.05) is 0 Å². The lowest BCUT2D eigenvalue weighted by molar-refractivity contribution is 0.882. The molecule has 0 saturated carbocycles. The largest absolute Gasteiger partial charge is 0.0952 e. The van der Waals surface area contributed by atoms with Gasteiger partial charge in [0.2, 0.25) is 0 Å². The standard InChI is InChI=1S/C22H26/c1-3-4-13-21(22-16-9-6-10-17-22)18-11-12-19(2)20-14-7-5-8-15-20/h5-10,13-17H,2-4,11-12,18H2,1H3. The third-order valence-corrected chi connectivity index (χ3v) is 3.93. The number of benzene rings is 2. The van der Waals surface area contributed by atoms with E-state index in [-0.39, 0.29) is 0 Å². The maximum Gasteiger partial charge on any atom is -0.0228 e. The molecular weight excluding hydrogens is 264 g/mol. The summed E-state index contributed by atoms with van der Waals surface area (Å²) in [6, 6.07) is 21.3. The third kappa shape index (κ3) is 5.04. The second kappa shape index (κ2) is 9.04. The molecular formula is C22H26. The summed E-state index contributed by atoms with van der Waals surface area (Å²) in [7, 11) is 0. The predicted octanol–water partition coefficient (Wildman–Crippen LogP) is 6.75. The van der Waals surface area contributed by atoms with Crippen molar-refractivity contribution in [2.45, 2.75) is 39.0 Å². The summed E-state index contributed by atoms with van der Waals surface area (Å²) in [4.78, 5) is 0. The molecule has 22 heavy (non-hydrogen) atoms. The average Bonchev–Trinajstić information content (AvgIpc) is 2.59. The van der Waals surface area contributed by atoms with Crippen LogP contribution in [0.4, 0.5) is 0 Å². The van der Waals surface area contributed by atoms with E-state index in [0.29, 0.717) is 0 Å². The summed E-state index contributed by atoms with van der Waals surface area (Å²) in [5.41, 5.74) is 5.34. The average molecular weight is 290 g/mol. The van der Waals surface area contributed by atoms with E-state index >= 15 is 0 Å². The second-order valence-electron chi connectivity index (χ2n) is 5.71. The Morgan fingerprint density at radius 3 is 2.05 bits per heavy atom. The lowest BCUT2D eigenvalue weighted by atomic mass is 9.95. The zero-order valence-corrected chi connectivity index (χ0v) is 13.6. The van der Waals surface area contributed by atoms with Crippen LogP contribution in [0.5, 0.6) is 0 Å². The normalized spacial score (nSPS) is 11.4. The maximum atomic E-state index is 4.24. The molecule has 0 radical (unpaired) electrons. The van der Waals surface area contributed by atoms with Crippen LogP contribution in [0.3, 0.4) is 0 Å². The van der Waals surface area contributed by atoms with Gasteiger partial charge >= 0.3 is 0 Å². The Morgan fingerprint density at radius 1 is 0.864 bits per heavy atom. The third-order valence-electron chi connectivity index (χ3n) is 3.93. The lowest BCUT2D eigenvalue weighted by Gasteiger charge is -2.10. The van der Waals surface area contributed by atoms with E-state index in [1.807, 2.05) is 0 Å². The SMILES string of the molecule is C=C(CCCC(=CCCC)c1ccccc1)c1ccccc1. The van der Waals surface area contributed by atoms with Crippen LogP contribution < -0.4 is 0 Å². The molecule has 0 aliphatic rings. The van der Waals surface area contributed by atoms with Crippen LogP contribution in [0.1, 0.15) is 50.2 Å². The molecule has 0 aliphatic heterocycles. The monoisotopic (exact) mass is 290 g/mol. The fourth-order valence-corrected chi connectivity index (χ4v) is 2.65. The van der Waals surface area contributed by atoms with Crippen molar-refractivity contribution in [3.8, 4) is 0 Å². The molecule has 114 valence electrons. The molecule has 0 N–H and O–H groups in total. The number of allylic oxidation sites excluding steroid dienone is 3. The molecule has 2 aromatic carbocycles. The second-order valence-corrected chi connectivity index (χ2v) is 5.71. The zero-order valence-electron chi connectivity index (χ0n) is 13.6. The Balaban J connectivity index is 1.93. The van der Waals surface area contributed by atoms with Crippen molar-refractivity contribution in [3.63, 3.8) is 0 Å². The summed E-state index contributed by atoms with van der Waals surface area (Å²) < 4.78 is 0. The zero-order chi connectivity index (χ0) is 15.6. The van der Waals surface area contributed by atoms with Crippen molar-refractivity contribution in [2.75, 3.05) is 0 Å². The van der Waals surface area contributed by atoms with Gasteiger partial charge in [0.05, 0.1) is 0 Å². The summed E-state index contributed by atoms with van der Waals surface area (Å²) in [5, 5.41) is 0. The Kier molecular flexibility index (Phi) is 6.70. The molecule has 2 rings (SSSR count). The van der Waals surface area contributed by atoms with Gasteiger partial charge in [-0.05, 0) is 48.0 Å². The number of hydrogen-bond acceptors (Lipinski definition) is 0. The molecule has 0 atom stereocenters. The van der Waals surface area contributed by atoms with E-state index in [1.54, 1.807) is 0 Å². The van der Waals surface area contributed by atoms with E-state index in [1.165, 1.54) is 28.7 Å². The Labute approximate surface area is 135 Å². The fourth-order valence-electron chi connectivity index (χ4n) is 2.65. The number of unbranched alkanes of at least 4 members (excludes halogenated alkanes) is 1. The van der Waals surface area contributed by atoms with Gasteiger partial charge in [-0.15, -0.1) is 0 Å². The Morgan fingerprint density at radius 2 is 1.45 bits per heavy atom. The molecule has 0 saturated heterocycles. The minimum Gasteiger partial charge on any atom is -0.0952 e. The summed E-state index contributed by atoms with van der Waals surface area (Å²) in [5.74, 6) is 0. The van der Waals surface area contributed by atoms with Gasteiger partial charge in [0.25, 0.3) is 0 Å². The van der Waals surface area contributed by atoms with Gasteiger partial charge in [-0.2, -0.15) is 0 Å². The van der Waals surface area contributed by atoms with Crippen LogP contribution in [-0.2, 0) is 0 Å². The highest BCUT2D eigenvalue weighted by molar-refractivity contribution is 5.66. The predicted molar refractivity (Wildman–Crippen MR) is 98.7 cm³/mol. The Hall–Kier alpha value is -2.08. The van der Waals surface area contributed by atoms with Gasteiger partial charge < -0.3 is 0 Å². The first-order valence-corrected chi connectivity index (χ1v) is 8.29. The number of rotatable bonds is 8. The van der Waals surface area contributed by atoms with Crippen molar-refractivity contribution >= 4 is 11.1 Å². The van der Waals surface area contributed by atoms with Crippen molar-refractivity contribution in [1.82, 2.24) is 0 Å². The van der Waals surface area contributed by atoms with Gasteiger partial charge in [0.1, 0.15) is 0 Å². The Bertz CT molecular complexity index is 590. The minimum absolute atomic E-state index is 1.06. The molecule has 0 heterocycles. The van der Waals surface area contributed by atoms with Gasteiger partial charge in [-0.25, -0.2) is 0 Å². The van der Waals surface area contributed by atoms with Gasteiger partial charge in [0.15, 0.2) is 0 Å². The highest BCUT2D eigenvalue weighted by atomic mass is 14.1. The molecule has 0 heteroatoms. The summed E-state index contributed by atoms with van der Waals surface area (Å²) in [6.45, 7) is 6.47. The molecule has 0 spiro atoms. The first kappa shape index (κ1) is 16.3. The highest BCUT2D eigenvalue weighted by Gasteiger charge is 2.03. The molecule has 0 unspecified atom stereocenters. The molecule has 0 aliphatic carbocycles. The molecule has 0 nitrogen and oxygen atoms in total. The molecule has 2 aromatic rings. The summed E-state index contributed by atoms with van der Waals surface area (Å²) in [6.07, 6.45) is 8.09. The smallest absolute Gasteiger partial charge is 0.0228 e. The van der Waals surface area contributed by atoms with Crippen molar-refractivity contribution < 1.29 is 0 Å². The minimum atomic E-state index is 1.06. The van der Waals surface area contributed by atoms with E-state index in [2.05, 4.69) is 80.2 Å². The van der Waals surface area contributed by atoms with Crippen LogP contribution in [-0.4, -0.2) is 0 Å². The first-order chi connectivity index (χ1) is 10.8. The van der Waals surface area contributed by atoms with E-state index < -0.39 is 0 Å². The van der Waals surface area contributed by atoms with Gasteiger partial charge in [-0.1, -0.05) is 86.7 Å². The van der Waals surface area contributed by atoms with Crippen LogP contribution in [0.2, 0.25) is 0 Å². The van der Waals surface area contributed by atoms with Crippen LogP contribution in [0.15, 0.2) is 73.3 Å². The van der Waals surface area contributed by atoms with E-state index in [9.17, 15) is 0 Å².